The third kappa shape index (κ3) is 3.34. The van der Waals surface area contributed by atoms with E-state index in [1.807, 2.05) is 54.6 Å². The highest BCUT2D eigenvalue weighted by Gasteiger charge is 2.00. The molecule has 0 aliphatic carbocycles. The highest BCUT2D eigenvalue weighted by Crippen LogP contribution is 2.14. The Morgan fingerprint density at radius 2 is 1.72 bits per heavy atom. The van der Waals surface area contributed by atoms with Crippen LogP contribution in [0.3, 0.4) is 0 Å². The maximum Gasteiger partial charge on any atom is 0.131 e. The van der Waals surface area contributed by atoms with Crippen LogP contribution in [0, 0.1) is 0 Å². The quantitative estimate of drug-likeness (QED) is 0.764. The number of methoxy groups -OCH3 is 1. The summed E-state index contributed by atoms with van der Waals surface area (Å²) in [4.78, 5) is 4.36. The summed E-state index contributed by atoms with van der Waals surface area (Å²) < 4.78 is 5.10. The summed E-state index contributed by atoms with van der Waals surface area (Å²) in [7, 11) is 1.64. The van der Waals surface area contributed by atoms with E-state index in [4.69, 9.17) is 16.3 Å². The molecule has 0 atom stereocenters. The van der Waals surface area contributed by atoms with Gasteiger partial charge in [-0.3, -0.25) is 4.99 Å². The van der Waals surface area contributed by atoms with Crippen LogP contribution in [0.5, 0.6) is 5.75 Å². The van der Waals surface area contributed by atoms with E-state index in [9.17, 15) is 0 Å². The highest BCUT2D eigenvalue weighted by molar-refractivity contribution is 6.69. The number of ether oxygens (including phenoxy) is 1. The molecule has 2 nitrogen and oxygen atoms in total. The Kier molecular flexibility index (Phi) is 4.37. The molecule has 0 saturated heterocycles. The van der Waals surface area contributed by atoms with E-state index in [2.05, 4.69) is 4.99 Å². The van der Waals surface area contributed by atoms with Crippen LogP contribution < -0.4 is 4.74 Å². The predicted molar refractivity (Wildman–Crippen MR) is 75.5 cm³/mol. The van der Waals surface area contributed by atoms with Crippen molar-refractivity contribution in [2.75, 3.05) is 7.11 Å². The molecule has 0 aliphatic heterocycles. The van der Waals surface area contributed by atoms with Gasteiger partial charge in [0.1, 0.15) is 10.9 Å². The predicted octanol–water partition coefficient (Wildman–Crippen LogP) is 3.88. The molecule has 18 heavy (non-hydrogen) atoms. The van der Waals surface area contributed by atoms with Crippen molar-refractivity contribution >= 4 is 16.8 Å². The molecular weight excluding hydrogens is 246 g/mol. The second kappa shape index (κ2) is 6.22. The van der Waals surface area contributed by atoms with Crippen LogP contribution in [-0.4, -0.2) is 12.3 Å². The van der Waals surface area contributed by atoms with Crippen molar-refractivity contribution in [3.63, 3.8) is 0 Å². The number of rotatable bonds is 4. The summed E-state index contributed by atoms with van der Waals surface area (Å²) in [5, 5.41) is 0.515. The zero-order valence-corrected chi connectivity index (χ0v) is 10.9. The van der Waals surface area contributed by atoms with Gasteiger partial charge >= 0.3 is 0 Å². The van der Waals surface area contributed by atoms with Crippen molar-refractivity contribution in [3.05, 3.63) is 65.7 Å². The summed E-state index contributed by atoms with van der Waals surface area (Å²) in [6.45, 7) is 0.589. The Balaban J connectivity index is 2.08. The SMILES string of the molecule is COc1ccc(/C(Cl)=N/Cc2ccccc2)cc1. The summed E-state index contributed by atoms with van der Waals surface area (Å²) >= 11 is 6.16. The number of hydrogen-bond donors (Lipinski definition) is 0. The summed E-state index contributed by atoms with van der Waals surface area (Å²) in [6, 6.07) is 17.6. The van der Waals surface area contributed by atoms with Crippen molar-refractivity contribution in [1.82, 2.24) is 0 Å². The van der Waals surface area contributed by atoms with Crippen LogP contribution in [-0.2, 0) is 6.54 Å². The second-order valence-electron chi connectivity index (χ2n) is 3.82. The maximum absolute atomic E-state index is 6.16. The monoisotopic (exact) mass is 259 g/mol. The minimum atomic E-state index is 0.515. The van der Waals surface area contributed by atoms with Crippen LogP contribution in [0.25, 0.3) is 0 Å². The molecule has 0 heterocycles. The van der Waals surface area contributed by atoms with Gasteiger partial charge < -0.3 is 4.74 Å². The summed E-state index contributed by atoms with van der Waals surface area (Å²) in [5.74, 6) is 0.811. The van der Waals surface area contributed by atoms with Gasteiger partial charge in [-0.05, 0) is 29.8 Å². The first kappa shape index (κ1) is 12.7. The van der Waals surface area contributed by atoms with Crippen LogP contribution in [0.4, 0.5) is 0 Å². The summed E-state index contributed by atoms with van der Waals surface area (Å²) in [5.41, 5.74) is 2.04. The third-order valence-corrected chi connectivity index (χ3v) is 2.91. The van der Waals surface area contributed by atoms with Gasteiger partial charge in [0.25, 0.3) is 0 Å². The Morgan fingerprint density at radius 3 is 2.33 bits per heavy atom. The third-order valence-electron chi connectivity index (χ3n) is 2.57. The highest BCUT2D eigenvalue weighted by atomic mass is 35.5. The minimum Gasteiger partial charge on any atom is -0.497 e. The van der Waals surface area contributed by atoms with Gasteiger partial charge in [0.2, 0.25) is 0 Å². The number of aliphatic imine (C=N–C) groups is 1. The van der Waals surface area contributed by atoms with E-state index in [-0.39, 0.29) is 0 Å². The molecule has 0 spiro atoms. The van der Waals surface area contributed by atoms with Crippen molar-refractivity contribution in [2.24, 2.45) is 4.99 Å². The van der Waals surface area contributed by atoms with Gasteiger partial charge in [0.15, 0.2) is 0 Å². The molecular formula is C15H14ClNO. The van der Waals surface area contributed by atoms with Gasteiger partial charge in [-0.25, -0.2) is 0 Å². The minimum absolute atomic E-state index is 0.515. The smallest absolute Gasteiger partial charge is 0.131 e. The molecule has 0 N–H and O–H groups in total. The molecule has 2 aromatic rings. The lowest BCUT2D eigenvalue weighted by Crippen LogP contribution is -1.93. The number of benzene rings is 2. The average molecular weight is 260 g/mol. The normalized spacial score (nSPS) is 11.3. The lowest BCUT2D eigenvalue weighted by molar-refractivity contribution is 0.415. The van der Waals surface area contributed by atoms with Gasteiger partial charge in [0, 0.05) is 5.56 Å². The number of hydrogen-bond acceptors (Lipinski definition) is 2. The number of halogens is 1. The van der Waals surface area contributed by atoms with E-state index in [0.717, 1.165) is 16.9 Å². The van der Waals surface area contributed by atoms with Crippen LogP contribution >= 0.6 is 11.6 Å². The van der Waals surface area contributed by atoms with Gasteiger partial charge in [-0.1, -0.05) is 41.9 Å². The Hall–Kier alpha value is -1.80. The fourth-order valence-electron chi connectivity index (χ4n) is 1.56. The first-order valence-corrected chi connectivity index (χ1v) is 6.05. The number of nitrogens with zero attached hydrogens (tertiary/aromatic N) is 1. The molecule has 2 aromatic carbocycles. The molecule has 0 amide bonds. The van der Waals surface area contributed by atoms with Crippen LogP contribution in [0.1, 0.15) is 11.1 Å². The largest absolute Gasteiger partial charge is 0.497 e. The van der Waals surface area contributed by atoms with E-state index >= 15 is 0 Å². The second-order valence-corrected chi connectivity index (χ2v) is 4.18. The molecule has 92 valence electrons. The average Bonchev–Trinajstić information content (AvgIpc) is 2.46. The maximum atomic E-state index is 6.16. The zero-order valence-electron chi connectivity index (χ0n) is 10.1. The first-order chi connectivity index (χ1) is 8.79. The molecule has 0 aliphatic rings. The Bertz CT molecular complexity index is 520. The molecule has 0 aromatic heterocycles. The van der Waals surface area contributed by atoms with E-state index < -0.39 is 0 Å². The van der Waals surface area contributed by atoms with E-state index in [0.29, 0.717) is 11.7 Å². The van der Waals surface area contributed by atoms with Crippen molar-refractivity contribution in [1.29, 1.82) is 0 Å². The summed E-state index contributed by atoms with van der Waals surface area (Å²) in [6.07, 6.45) is 0. The lowest BCUT2D eigenvalue weighted by Gasteiger charge is -2.02. The fraction of sp³-hybridized carbons (Fsp3) is 0.133. The van der Waals surface area contributed by atoms with Crippen LogP contribution in [0.2, 0.25) is 0 Å². The van der Waals surface area contributed by atoms with Crippen molar-refractivity contribution in [3.8, 4) is 5.75 Å². The Morgan fingerprint density at radius 1 is 1.06 bits per heavy atom. The van der Waals surface area contributed by atoms with Gasteiger partial charge in [-0.2, -0.15) is 0 Å². The lowest BCUT2D eigenvalue weighted by atomic mass is 10.2. The first-order valence-electron chi connectivity index (χ1n) is 5.68. The molecule has 0 fully saturated rings. The fourth-order valence-corrected chi connectivity index (χ4v) is 1.75. The molecule has 0 bridgehead atoms. The van der Waals surface area contributed by atoms with Crippen molar-refractivity contribution in [2.45, 2.75) is 6.54 Å². The van der Waals surface area contributed by atoms with Gasteiger partial charge in [-0.15, -0.1) is 0 Å². The molecule has 3 heteroatoms. The molecule has 0 radical (unpaired) electrons. The molecule has 0 saturated carbocycles. The zero-order chi connectivity index (χ0) is 12.8. The van der Waals surface area contributed by atoms with E-state index in [1.54, 1.807) is 7.11 Å². The van der Waals surface area contributed by atoms with Crippen LogP contribution in [0.15, 0.2) is 59.6 Å². The Labute approximate surface area is 112 Å². The van der Waals surface area contributed by atoms with E-state index in [1.165, 1.54) is 0 Å². The topological polar surface area (TPSA) is 21.6 Å². The standard InChI is InChI=1S/C15H14ClNO/c1-18-14-9-7-13(8-10-14)15(16)17-11-12-5-3-2-4-6-12/h2-10H,11H2,1H3/b17-15-. The van der Waals surface area contributed by atoms with Gasteiger partial charge in [0.05, 0.1) is 13.7 Å². The molecule has 2 rings (SSSR count). The molecule has 0 unspecified atom stereocenters. The van der Waals surface area contributed by atoms with Crippen molar-refractivity contribution < 1.29 is 4.74 Å².